The summed E-state index contributed by atoms with van der Waals surface area (Å²) < 4.78 is 0. The molecule has 0 radical (unpaired) electrons. The molecule has 0 aromatic heterocycles. The van der Waals surface area contributed by atoms with Gasteiger partial charge < -0.3 is 0 Å². The molecule has 0 unspecified atom stereocenters. The molecule has 0 heterocycles. The first kappa shape index (κ1) is 8.64. The van der Waals surface area contributed by atoms with Crippen LogP contribution < -0.4 is 0 Å². The van der Waals surface area contributed by atoms with Crippen LogP contribution >= 0.6 is 15.9 Å². The molecule has 0 N–H and O–H groups in total. The van der Waals surface area contributed by atoms with Crippen LogP contribution in [0.3, 0.4) is 0 Å². The van der Waals surface area contributed by atoms with Crippen molar-refractivity contribution >= 4 is 21.7 Å². The van der Waals surface area contributed by atoms with Gasteiger partial charge in [-0.15, -0.1) is 0 Å². The van der Waals surface area contributed by atoms with E-state index in [1.807, 2.05) is 0 Å². The van der Waals surface area contributed by atoms with E-state index in [0.29, 0.717) is 18.2 Å². The molecule has 4 nitrogen and oxygen atoms in total. The standard InChI is InChI=1S/C6H8BrNO3/c7-3-6(9)4-1-5(2-4)8(10)11/h4-5H,1-3H2. The van der Waals surface area contributed by atoms with Gasteiger partial charge in [-0.25, -0.2) is 0 Å². The number of rotatable bonds is 3. The lowest BCUT2D eigenvalue weighted by Gasteiger charge is -2.26. The van der Waals surface area contributed by atoms with E-state index in [4.69, 9.17) is 0 Å². The number of Topliss-reactive ketones (excluding diaryl/α,β-unsaturated/α-hetero) is 1. The number of hydrogen-bond donors (Lipinski definition) is 0. The van der Waals surface area contributed by atoms with Crippen LogP contribution in [0.5, 0.6) is 0 Å². The van der Waals surface area contributed by atoms with Gasteiger partial charge in [-0.2, -0.15) is 0 Å². The van der Waals surface area contributed by atoms with Crippen molar-refractivity contribution in [3.8, 4) is 0 Å². The summed E-state index contributed by atoms with van der Waals surface area (Å²) in [5, 5.41) is 10.4. The van der Waals surface area contributed by atoms with E-state index >= 15 is 0 Å². The van der Waals surface area contributed by atoms with E-state index < -0.39 is 6.04 Å². The second-order valence-electron chi connectivity index (χ2n) is 2.71. The third-order valence-corrected chi connectivity index (χ3v) is 2.55. The number of halogens is 1. The summed E-state index contributed by atoms with van der Waals surface area (Å²) in [6, 6.07) is -0.469. The molecule has 1 fully saturated rings. The molecule has 1 aliphatic rings. The Morgan fingerprint density at radius 3 is 2.55 bits per heavy atom. The zero-order valence-corrected chi connectivity index (χ0v) is 7.41. The zero-order valence-electron chi connectivity index (χ0n) is 5.83. The molecular weight excluding hydrogens is 214 g/mol. The number of ketones is 1. The molecule has 11 heavy (non-hydrogen) atoms. The number of carbonyl (C=O) groups excluding carboxylic acids is 1. The molecule has 0 aromatic carbocycles. The molecule has 0 aromatic rings. The first-order valence-electron chi connectivity index (χ1n) is 3.37. The Morgan fingerprint density at radius 1 is 1.64 bits per heavy atom. The van der Waals surface area contributed by atoms with Gasteiger partial charge in [-0.05, 0) is 0 Å². The summed E-state index contributed by atoms with van der Waals surface area (Å²) in [5.41, 5.74) is 0. The van der Waals surface area contributed by atoms with E-state index in [1.165, 1.54) is 0 Å². The van der Waals surface area contributed by atoms with Gasteiger partial charge in [0.05, 0.1) is 5.33 Å². The fourth-order valence-corrected chi connectivity index (χ4v) is 1.59. The maximum atomic E-state index is 10.9. The molecule has 1 aliphatic carbocycles. The Morgan fingerprint density at radius 2 is 2.18 bits per heavy atom. The van der Waals surface area contributed by atoms with Gasteiger partial charge in [0.2, 0.25) is 6.04 Å². The molecule has 1 saturated carbocycles. The number of nitrogens with zero attached hydrogens (tertiary/aromatic N) is 1. The smallest absolute Gasteiger partial charge is 0.214 e. The predicted molar refractivity (Wildman–Crippen MR) is 42.3 cm³/mol. The molecule has 0 aliphatic heterocycles. The van der Waals surface area contributed by atoms with Crippen molar-refractivity contribution in [1.82, 2.24) is 0 Å². The summed E-state index contributed by atoms with van der Waals surface area (Å²) in [4.78, 5) is 20.7. The van der Waals surface area contributed by atoms with Crippen molar-refractivity contribution < 1.29 is 9.72 Å². The quantitative estimate of drug-likeness (QED) is 0.406. The maximum absolute atomic E-state index is 10.9. The fourth-order valence-electron chi connectivity index (χ4n) is 1.13. The average molecular weight is 222 g/mol. The zero-order chi connectivity index (χ0) is 8.43. The van der Waals surface area contributed by atoms with E-state index in [-0.39, 0.29) is 16.6 Å². The van der Waals surface area contributed by atoms with Crippen molar-refractivity contribution in [2.75, 3.05) is 5.33 Å². The van der Waals surface area contributed by atoms with Gasteiger partial charge in [-0.1, -0.05) is 15.9 Å². The minimum Gasteiger partial charge on any atom is -0.298 e. The minimum atomic E-state index is -0.469. The van der Waals surface area contributed by atoms with Crippen LogP contribution in [-0.4, -0.2) is 22.1 Å². The van der Waals surface area contributed by atoms with Gasteiger partial charge in [0.15, 0.2) is 0 Å². The molecule has 5 heteroatoms. The Hall–Kier alpha value is -0.450. The normalized spacial score (nSPS) is 29.2. The fraction of sp³-hybridized carbons (Fsp3) is 0.833. The molecule has 0 spiro atoms. The lowest BCUT2D eigenvalue weighted by atomic mass is 9.78. The van der Waals surface area contributed by atoms with Crippen molar-refractivity contribution in [3.63, 3.8) is 0 Å². The number of alkyl halides is 1. The van der Waals surface area contributed by atoms with E-state index in [1.54, 1.807) is 0 Å². The summed E-state index contributed by atoms with van der Waals surface area (Å²) in [6.45, 7) is 0. The van der Waals surface area contributed by atoms with E-state index in [2.05, 4.69) is 15.9 Å². The van der Waals surface area contributed by atoms with Crippen molar-refractivity contribution in [3.05, 3.63) is 10.1 Å². The predicted octanol–water partition coefficient (Wildman–Crippen LogP) is 1.01. The molecular formula is C6H8BrNO3. The lowest BCUT2D eigenvalue weighted by Crippen LogP contribution is -2.39. The van der Waals surface area contributed by atoms with Gasteiger partial charge in [0.1, 0.15) is 5.78 Å². The van der Waals surface area contributed by atoms with Crippen LogP contribution in [-0.2, 0) is 4.79 Å². The van der Waals surface area contributed by atoms with Gasteiger partial charge >= 0.3 is 0 Å². The van der Waals surface area contributed by atoms with Gasteiger partial charge in [0.25, 0.3) is 0 Å². The Balaban J connectivity index is 2.29. The Bertz CT molecular complexity index is 188. The van der Waals surface area contributed by atoms with Crippen LogP contribution in [0.4, 0.5) is 0 Å². The van der Waals surface area contributed by atoms with Crippen LogP contribution in [0.25, 0.3) is 0 Å². The van der Waals surface area contributed by atoms with Crippen LogP contribution in [0, 0.1) is 16.0 Å². The summed E-state index contributed by atoms with van der Waals surface area (Å²) in [5.74, 6) is 0.0212. The van der Waals surface area contributed by atoms with Crippen LogP contribution in [0.1, 0.15) is 12.8 Å². The third-order valence-electron chi connectivity index (χ3n) is 2.00. The summed E-state index contributed by atoms with van der Waals surface area (Å²) in [7, 11) is 0. The molecule has 0 bridgehead atoms. The van der Waals surface area contributed by atoms with Crippen LogP contribution in [0.15, 0.2) is 0 Å². The molecule has 0 saturated heterocycles. The largest absolute Gasteiger partial charge is 0.298 e. The highest BCUT2D eigenvalue weighted by Crippen LogP contribution is 2.30. The van der Waals surface area contributed by atoms with Gasteiger partial charge in [0, 0.05) is 23.7 Å². The Labute approximate surface area is 72.2 Å². The van der Waals surface area contributed by atoms with Gasteiger partial charge in [-0.3, -0.25) is 14.9 Å². The highest BCUT2D eigenvalue weighted by atomic mass is 79.9. The molecule has 1 rings (SSSR count). The van der Waals surface area contributed by atoms with Crippen LogP contribution in [0.2, 0.25) is 0 Å². The number of carbonyl (C=O) groups is 1. The lowest BCUT2D eigenvalue weighted by molar-refractivity contribution is -0.539. The molecule has 0 atom stereocenters. The maximum Gasteiger partial charge on any atom is 0.214 e. The monoisotopic (exact) mass is 221 g/mol. The minimum absolute atomic E-state index is 0.0650. The first-order chi connectivity index (χ1) is 5.15. The van der Waals surface area contributed by atoms with E-state index in [0.717, 1.165) is 0 Å². The third kappa shape index (κ3) is 1.77. The molecule has 0 amide bonds. The second-order valence-corrected chi connectivity index (χ2v) is 3.27. The van der Waals surface area contributed by atoms with Crippen molar-refractivity contribution in [2.24, 2.45) is 5.92 Å². The number of hydrogen-bond acceptors (Lipinski definition) is 3. The van der Waals surface area contributed by atoms with E-state index in [9.17, 15) is 14.9 Å². The summed E-state index contributed by atoms with van der Waals surface area (Å²) in [6.07, 6.45) is 0.856. The molecule has 62 valence electrons. The topological polar surface area (TPSA) is 60.2 Å². The second kappa shape index (κ2) is 3.30. The SMILES string of the molecule is O=C(CBr)C1CC([N+](=O)[O-])C1. The van der Waals surface area contributed by atoms with Crippen molar-refractivity contribution in [1.29, 1.82) is 0 Å². The average Bonchev–Trinajstić information content (AvgIpc) is 1.83. The summed E-state index contributed by atoms with van der Waals surface area (Å²) >= 11 is 3.03. The highest BCUT2D eigenvalue weighted by Gasteiger charge is 2.41. The Kier molecular flexibility index (Phi) is 2.59. The first-order valence-corrected chi connectivity index (χ1v) is 4.49. The van der Waals surface area contributed by atoms with Crippen molar-refractivity contribution in [2.45, 2.75) is 18.9 Å². The number of nitro groups is 1. The highest BCUT2D eigenvalue weighted by molar-refractivity contribution is 9.09.